The van der Waals surface area contributed by atoms with Crippen molar-refractivity contribution in [2.75, 3.05) is 42.9 Å². The molecular formula is C24H26N4O3. The summed E-state index contributed by atoms with van der Waals surface area (Å²) in [4.78, 5) is 43.1. The molecule has 3 amide bonds. The number of carbonyl (C=O) groups is 3. The van der Waals surface area contributed by atoms with Gasteiger partial charge in [-0.05, 0) is 36.8 Å². The van der Waals surface area contributed by atoms with Crippen molar-refractivity contribution >= 4 is 34.7 Å². The van der Waals surface area contributed by atoms with Gasteiger partial charge in [0.25, 0.3) is 11.8 Å². The highest BCUT2D eigenvalue weighted by atomic mass is 16.2. The highest BCUT2D eigenvalue weighted by Crippen LogP contribution is 2.33. The van der Waals surface area contributed by atoms with E-state index in [4.69, 9.17) is 0 Å². The average Bonchev–Trinajstić information content (AvgIpc) is 3.04. The zero-order valence-electron chi connectivity index (χ0n) is 17.8. The number of likely N-dealkylation sites (N-methyl/N-ethyl adjacent to an activating group) is 1. The van der Waals surface area contributed by atoms with Crippen LogP contribution in [0, 0.1) is 0 Å². The summed E-state index contributed by atoms with van der Waals surface area (Å²) in [6.45, 7) is 6.46. The smallest absolute Gasteiger partial charge is 0.277 e. The van der Waals surface area contributed by atoms with Crippen LogP contribution in [0.2, 0.25) is 0 Å². The minimum absolute atomic E-state index is 0.159. The first-order valence-corrected chi connectivity index (χ1v) is 10.5. The molecule has 0 aromatic heterocycles. The predicted octanol–water partition coefficient (Wildman–Crippen LogP) is 2.57. The zero-order valence-corrected chi connectivity index (χ0v) is 17.8. The fourth-order valence-corrected chi connectivity index (χ4v) is 4.15. The van der Waals surface area contributed by atoms with Crippen LogP contribution in [-0.2, 0) is 14.4 Å². The Morgan fingerprint density at radius 3 is 2.06 bits per heavy atom. The Morgan fingerprint density at radius 1 is 0.871 bits per heavy atom. The highest BCUT2D eigenvalue weighted by molar-refractivity contribution is 6.35. The van der Waals surface area contributed by atoms with E-state index >= 15 is 0 Å². The average molecular weight is 418 g/mol. The molecule has 1 saturated heterocycles. The molecule has 2 aliphatic heterocycles. The quantitative estimate of drug-likeness (QED) is 0.756. The number of rotatable bonds is 5. The minimum atomic E-state index is -0.264. The highest BCUT2D eigenvalue weighted by Gasteiger charge is 2.41. The first-order valence-electron chi connectivity index (χ1n) is 10.5. The number of nitrogens with one attached hydrogen (secondary N) is 1. The summed E-state index contributed by atoms with van der Waals surface area (Å²) in [7, 11) is 0. The molecule has 0 spiro atoms. The van der Waals surface area contributed by atoms with E-state index in [1.54, 1.807) is 24.3 Å². The van der Waals surface area contributed by atoms with Crippen molar-refractivity contribution in [1.82, 2.24) is 9.80 Å². The third-order valence-corrected chi connectivity index (χ3v) is 5.67. The number of anilines is 2. The number of imide groups is 1. The van der Waals surface area contributed by atoms with Crippen molar-refractivity contribution in [3.05, 3.63) is 65.9 Å². The van der Waals surface area contributed by atoms with Gasteiger partial charge in [0.1, 0.15) is 5.70 Å². The molecule has 1 fully saturated rings. The molecule has 0 radical (unpaired) electrons. The Morgan fingerprint density at radius 2 is 1.48 bits per heavy atom. The van der Waals surface area contributed by atoms with Crippen LogP contribution < -0.4 is 10.2 Å². The first-order chi connectivity index (χ1) is 15.0. The molecule has 31 heavy (non-hydrogen) atoms. The van der Waals surface area contributed by atoms with E-state index in [9.17, 15) is 14.4 Å². The number of hydrogen-bond acceptors (Lipinski definition) is 5. The van der Waals surface area contributed by atoms with E-state index in [0.29, 0.717) is 42.2 Å². The Balaban J connectivity index is 1.62. The van der Waals surface area contributed by atoms with E-state index in [0.717, 1.165) is 18.8 Å². The van der Waals surface area contributed by atoms with Gasteiger partial charge in [-0.25, -0.2) is 0 Å². The molecule has 0 aliphatic carbocycles. The van der Waals surface area contributed by atoms with Gasteiger partial charge in [-0.15, -0.1) is 0 Å². The Labute approximate surface area is 181 Å². The van der Waals surface area contributed by atoms with Crippen LogP contribution in [0.1, 0.15) is 19.4 Å². The van der Waals surface area contributed by atoms with Crippen molar-refractivity contribution in [3.63, 3.8) is 0 Å². The van der Waals surface area contributed by atoms with Crippen molar-refractivity contribution in [2.45, 2.75) is 13.8 Å². The fraction of sp³-hybridized carbons (Fsp3) is 0.292. The van der Waals surface area contributed by atoms with Gasteiger partial charge in [-0.2, -0.15) is 0 Å². The van der Waals surface area contributed by atoms with Crippen LogP contribution in [0.15, 0.2) is 60.3 Å². The molecule has 0 unspecified atom stereocenters. The maximum atomic E-state index is 13.1. The van der Waals surface area contributed by atoms with Gasteiger partial charge in [0.05, 0.1) is 5.57 Å². The number of hydrogen-bond donors (Lipinski definition) is 1. The predicted molar refractivity (Wildman–Crippen MR) is 120 cm³/mol. The second kappa shape index (κ2) is 8.63. The summed E-state index contributed by atoms with van der Waals surface area (Å²) in [5.74, 6) is -0.657. The summed E-state index contributed by atoms with van der Waals surface area (Å²) in [5, 5.41) is 2.72. The van der Waals surface area contributed by atoms with Gasteiger partial charge in [-0.3, -0.25) is 19.3 Å². The summed E-state index contributed by atoms with van der Waals surface area (Å²) in [6, 6.07) is 17.3. The summed E-state index contributed by atoms with van der Waals surface area (Å²) < 4.78 is 0. The van der Waals surface area contributed by atoms with Crippen LogP contribution in [0.5, 0.6) is 0 Å². The molecule has 1 N–H and O–H groups in total. The van der Waals surface area contributed by atoms with E-state index in [1.165, 1.54) is 11.8 Å². The minimum Gasteiger partial charge on any atom is -0.368 e. The van der Waals surface area contributed by atoms with Gasteiger partial charge in [0.15, 0.2) is 0 Å². The van der Waals surface area contributed by atoms with Gasteiger partial charge in [0.2, 0.25) is 5.91 Å². The Hall–Kier alpha value is -3.61. The molecular weight excluding hydrogens is 392 g/mol. The van der Waals surface area contributed by atoms with Crippen molar-refractivity contribution in [1.29, 1.82) is 0 Å². The lowest BCUT2D eigenvalue weighted by Gasteiger charge is -2.37. The molecule has 2 aromatic rings. The van der Waals surface area contributed by atoms with Gasteiger partial charge < -0.3 is 15.1 Å². The molecule has 160 valence electrons. The Kier molecular flexibility index (Phi) is 5.75. The number of carbonyl (C=O) groups excluding carboxylic acids is 3. The molecule has 2 aromatic carbocycles. The monoisotopic (exact) mass is 418 g/mol. The number of para-hydroxylation sites is 1. The van der Waals surface area contributed by atoms with E-state index in [-0.39, 0.29) is 17.7 Å². The largest absolute Gasteiger partial charge is 0.368 e. The molecule has 2 aliphatic rings. The van der Waals surface area contributed by atoms with Gasteiger partial charge in [-0.1, -0.05) is 30.3 Å². The normalized spacial score (nSPS) is 16.9. The molecule has 0 atom stereocenters. The maximum absolute atomic E-state index is 13.1. The number of piperazine rings is 1. The second-order valence-electron chi connectivity index (χ2n) is 7.65. The molecule has 0 bridgehead atoms. The number of nitrogens with zero attached hydrogens (tertiary/aromatic N) is 3. The molecule has 7 heteroatoms. The molecule has 7 nitrogen and oxygen atoms in total. The van der Waals surface area contributed by atoms with Crippen LogP contribution in [0.25, 0.3) is 5.57 Å². The van der Waals surface area contributed by atoms with E-state index in [1.807, 2.05) is 30.0 Å². The zero-order chi connectivity index (χ0) is 22.0. The molecule has 0 saturated carbocycles. The third-order valence-electron chi connectivity index (χ3n) is 5.67. The number of benzene rings is 2. The van der Waals surface area contributed by atoms with E-state index in [2.05, 4.69) is 22.3 Å². The lowest BCUT2D eigenvalue weighted by Crippen LogP contribution is -2.47. The summed E-state index contributed by atoms with van der Waals surface area (Å²) in [5.41, 5.74) is 3.41. The second-order valence-corrected chi connectivity index (χ2v) is 7.65. The first kappa shape index (κ1) is 20.7. The maximum Gasteiger partial charge on any atom is 0.277 e. The van der Waals surface area contributed by atoms with Gasteiger partial charge >= 0.3 is 0 Å². The summed E-state index contributed by atoms with van der Waals surface area (Å²) >= 11 is 0. The number of amides is 3. The third kappa shape index (κ3) is 4.03. The van der Waals surface area contributed by atoms with Crippen molar-refractivity contribution in [2.24, 2.45) is 0 Å². The lowest BCUT2D eigenvalue weighted by molar-refractivity contribution is -0.137. The molecule has 2 heterocycles. The van der Waals surface area contributed by atoms with Crippen molar-refractivity contribution in [3.8, 4) is 0 Å². The standard InChI is InChI=1S/C24H26N4O3/c1-3-28-23(30)21(18-9-11-19(12-10-18)25-17(2)29)22(24(28)31)27-15-13-26(14-16-27)20-7-5-4-6-8-20/h4-12H,3,13-16H2,1-2H3,(H,25,29). The topological polar surface area (TPSA) is 73.0 Å². The fourth-order valence-electron chi connectivity index (χ4n) is 4.15. The summed E-state index contributed by atoms with van der Waals surface area (Å²) in [6.07, 6.45) is 0. The van der Waals surface area contributed by atoms with Crippen LogP contribution in [0.3, 0.4) is 0 Å². The SMILES string of the molecule is CCN1C(=O)C(c2ccc(NC(C)=O)cc2)=C(N2CCN(c3ccccc3)CC2)C1=O. The molecule has 4 rings (SSSR count). The van der Waals surface area contributed by atoms with Crippen LogP contribution in [0.4, 0.5) is 11.4 Å². The van der Waals surface area contributed by atoms with Crippen LogP contribution in [-0.4, -0.2) is 60.2 Å². The van der Waals surface area contributed by atoms with Crippen LogP contribution >= 0.6 is 0 Å². The van der Waals surface area contributed by atoms with Crippen molar-refractivity contribution < 1.29 is 14.4 Å². The van der Waals surface area contributed by atoms with Gasteiger partial charge in [0, 0.05) is 51.0 Å². The lowest BCUT2D eigenvalue weighted by atomic mass is 10.0. The Bertz CT molecular complexity index is 1020. The van der Waals surface area contributed by atoms with E-state index < -0.39 is 0 Å².